The summed E-state index contributed by atoms with van der Waals surface area (Å²) in [6.45, 7) is 0.764. The Morgan fingerprint density at radius 1 is 1.16 bits per heavy atom. The summed E-state index contributed by atoms with van der Waals surface area (Å²) in [5, 5.41) is 2.24. The first kappa shape index (κ1) is 18.8. The van der Waals surface area contributed by atoms with Crippen LogP contribution < -0.4 is 5.32 Å². The molecule has 132 valence electrons. The van der Waals surface area contributed by atoms with Gasteiger partial charge in [0.15, 0.2) is 6.61 Å². The second-order valence-corrected chi connectivity index (χ2v) is 5.54. The number of carbonyl (C=O) groups is 2. The molecule has 0 saturated carbocycles. The van der Waals surface area contributed by atoms with Crippen molar-refractivity contribution in [2.24, 2.45) is 0 Å². The van der Waals surface area contributed by atoms with Crippen molar-refractivity contribution in [3.8, 4) is 0 Å². The minimum Gasteiger partial charge on any atom is -0.452 e. The van der Waals surface area contributed by atoms with E-state index < -0.39 is 47.5 Å². The third-order valence-electron chi connectivity index (χ3n) is 3.31. The van der Waals surface area contributed by atoms with Crippen LogP contribution >= 0.6 is 11.6 Å². The highest BCUT2D eigenvalue weighted by atomic mass is 35.5. The number of amides is 1. The van der Waals surface area contributed by atoms with Gasteiger partial charge in [-0.3, -0.25) is 4.79 Å². The quantitative estimate of drug-likeness (QED) is 0.813. The molecule has 2 aromatic rings. The lowest BCUT2D eigenvalue weighted by Crippen LogP contribution is -2.31. The van der Waals surface area contributed by atoms with Gasteiger partial charge in [-0.05, 0) is 25.1 Å². The van der Waals surface area contributed by atoms with Gasteiger partial charge in [0.1, 0.15) is 23.0 Å². The van der Waals surface area contributed by atoms with Gasteiger partial charge in [0.25, 0.3) is 5.91 Å². The van der Waals surface area contributed by atoms with E-state index in [-0.39, 0.29) is 10.6 Å². The van der Waals surface area contributed by atoms with Crippen molar-refractivity contribution in [1.82, 2.24) is 5.32 Å². The van der Waals surface area contributed by atoms with Gasteiger partial charge < -0.3 is 10.1 Å². The van der Waals surface area contributed by atoms with Crippen LogP contribution in [0.5, 0.6) is 0 Å². The number of hydrogen-bond acceptors (Lipinski definition) is 3. The van der Waals surface area contributed by atoms with E-state index in [0.717, 1.165) is 12.1 Å². The number of benzene rings is 2. The van der Waals surface area contributed by atoms with Gasteiger partial charge in [0, 0.05) is 11.6 Å². The van der Waals surface area contributed by atoms with Crippen molar-refractivity contribution in [3.05, 3.63) is 70.0 Å². The zero-order valence-corrected chi connectivity index (χ0v) is 13.7. The standard InChI is InChI=1S/C17H13ClF3NO3/c1-9(11-6-5-10(19)7-14(11)21)22-15(23)8-25-17(24)16-12(18)3-2-4-13(16)20/h2-7,9H,8H2,1H3,(H,22,23)/t9-/m1/s1. The van der Waals surface area contributed by atoms with Crippen LogP contribution in [-0.2, 0) is 9.53 Å². The van der Waals surface area contributed by atoms with Crippen LogP contribution in [0.4, 0.5) is 13.2 Å². The minimum absolute atomic E-state index is 0.0678. The largest absolute Gasteiger partial charge is 0.452 e. The SMILES string of the molecule is C[C@@H](NC(=O)COC(=O)c1c(F)cccc1Cl)c1ccc(F)cc1F. The number of nitrogens with one attached hydrogen (secondary N) is 1. The summed E-state index contributed by atoms with van der Waals surface area (Å²) in [5.74, 6) is -4.27. The average molecular weight is 372 g/mol. The van der Waals surface area contributed by atoms with E-state index in [1.54, 1.807) is 0 Å². The van der Waals surface area contributed by atoms with Crippen molar-refractivity contribution >= 4 is 23.5 Å². The fourth-order valence-corrected chi connectivity index (χ4v) is 2.35. The summed E-state index contributed by atoms with van der Waals surface area (Å²) in [5.41, 5.74) is -0.409. The minimum atomic E-state index is -1.10. The van der Waals surface area contributed by atoms with E-state index in [4.69, 9.17) is 16.3 Å². The topological polar surface area (TPSA) is 55.4 Å². The summed E-state index contributed by atoms with van der Waals surface area (Å²) in [4.78, 5) is 23.6. The fraction of sp³-hybridized carbons (Fsp3) is 0.176. The normalized spacial score (nSPS) is 11.7. The molecule has 0 aromatic heterocycles. The molecule has 0 heterocycles. The summed E-state index contributed by atoms with van der Waals surface area (Å²) in [7, 11) is 0. The highest BCUT2D eigenvalue weighted by molar-refractivity contribution is 6.33. The van der Waals surface area contributed by atoms with Crippen LogP contribution in [-0.4, -0.2) is 18.5 Å². The first-order chi connectivity index (χ1) is 11.8. The molecule has 0 aliphatic carbocycles. The summed E-state index contributed by atoms with van der Waals surface area (Å²) in [6.07, 6.45) is 0. The molecule has 4 nitrogen and oxygen atoms in total. The molecule has 0 aliphatic rings. The molecular formula is C17H13ClF3NO3. The number of carbonyl (C=O) groups excluding carboxylic acids is 2. The molecule has 0 saturated heterocycles. The molecule has 2 rings (SSSR count). The van der Waals surface area contributed by atoms with Gasteiger partial charge in [-0.1, -0.05) is 23.7 Å². The molecule has 1 atom stereocenters. The fourth-order valence-electron chi connectivity index (χ4n) is 2.11. The smallest absolute Gasteiger partial charge is 0.343 e. The highest BCUT2D eigenvalue weighted by Gasteiger charge is 2.19. The second-order valence-electron chi connectivity index (χ2n) is 5.13. The van der Waals surface area contributed by atoms with Gasteiger partial charge in [0.2, 0.25) is 0 Å². The second kappa shape index (κ2) is 8.02. The summed E-state index contributed by atoms with van der Waals surface area (Å²) >= 11 is 5.72. The predicted octanol–water partition coefficient (Wildman–Crippen LogP) is 3.79. The molecular weight excluding hydrogens is 359 g/mol. The highest BCUT2D eigenvalue weighted by Crippen LogP contribution is 2.20. The molecule has 1 N–H and O–H groups in total. The molecule has 8 heteroatoms. The lowest BCUT2D eigenvalue weighted by Gasteiger charge is -2.15. The molecule has 0 unspecified atom stereocenters. The van der Waals surface area contributed by atoms with Crippen LogP contribution in [0.1, 0.15) is 28.9 Å². The first-order valence-electron chi connectivity index (χ1n) is 7.15. The molecule has 0 spiro atoms. The van der Waals surface area contributed by atoms with Crippen LogP contribution in [0.3, 0.4) is 0 Å². The predicted molar refractivity (Wildman–Crippen MR) is 84.6 cm³/mol. The number of rotatable bonds is 5. The maximum atomic E-state index is 13.6. The zero-order valence-electron chi connectivity index (χ0n) is 13.0. The van der Waals surface area contributed by atoms with E-state index in [1.807, 2.05) is 0 Å². The Bertz CT molecular complexity index is 793. The lowest BCUT2D eigenvalue weighted by molar-refractivity contribution is -0.124. The Labute approximate surface area is 146 Å². The van der Waals surface area contributed by atoms with Crippen molar-refractivity contribution in [2.45, 2.75) is 13.0 Å². The van der Waals surface area contributed by atoms with Crippen molar-refractivity contribution in [1.29, 1.82) is 0 Å². The van der Waals surface area contributed by atoms with Gasteiger partial charge >= 0.3 is 5.97 Å². The Morgan fingerprint density at radius 2 is 1.88 bits per heavy atom. The van der Waals surface area contributed by atoms with Crippen LogP contribution in [0.25, 0.3) is 0 Å². The summed E-state index contributed by atoms with van der Waals surface area (Å²) < 4.78 is 44.8. The molecule has 0 fully saturated rings. The maximum Gasteiger partial charge on any atom is 0.343 e. The first-order valence-corrected chi connectivity index (χ1v) is 7.53. The van der Waals surface area contributed by atoms with Gasteiger partial charge in [0.05, 0.1) is 11.1 Å². The number of halogens is 4. The van der Waals surface area contributed by atoms with Crippen LogP contribution in [0.15, 0.2) is 36.4 Å². The molecule has 0 aliphatic heterocycles. The monoisotopic (exact) mass is 371 g/mol. The summed E-state index contributed by atoms with van der Waals surface area (Å²) in [6, 6.07) is 5.81. The molecule has 0 radical (unpaired) electrons. The molecule has 1 amide bonds. The van der Waals surface area contributed by atoms with Crippen LogP contribution in [0, 0.1) is 17.5 Å². The average Bonchev–Trinajstić information content (AvgIpc) is 2.52. The van der Waals surface area contributed by atoms with E-state index in [1.165, 1.54) is 25.1 Å². The molecule has 2 aromatic carbocycles. The molecule has 25 heavy (non-hydrogen) atoms. The lowest BCUT2D eigenvalue weighted by atomic mass is 10.1. The van der Waals surface area contributed by atoms with Gasteiger partial charge in [-0.2, -0.15) is 0 Å². The molecule has 0 bridgehead atoms. The number of esters is 1. The van der Waals surface area contributed by atoms with Crippen molar-refractivity contribution < 1.29 is 27.5 Å². The van der Waals surface area contributed by atoms with E-state index in [2.05, 4.69) is 5.32 Å². The van der Waals surface area contributed by atoms with E-state index in [0.29, 0.717) is 6.07 Å². The number of ether oxygens (including phenoxy) is 1. The van der Waals surface area contributed by atoms with Crippen molar-refractivity contribution in [3.63, 3.8) is 0 Å². The number of hydrogen-bond donors (Lipinski definition) is 1. The van der Waals surface area contributed by atoms with E-state index >= 15 is 0 Å². The third-order valence-corrected chi connectivity index (χ3v) is 3.62. The van der Waals surface area contributed by atoms with Gasteiger partial charge in [-0.25, -0.2) is 18.0 Å². The van der Waals surface area contributed by atoms with Crippen molar-refractivity contribution in [2.75, 3.05) is 6.61 Å². The maximum absolute atomic E-state index is 13.6. The zero-order chi connectivity index (χ0) is 18.6. The Hall–Kier alpha value is -2.54. The van der Waals surface area contributed by atoms with Gasteiger partial charge in [-0.15, -0.1) is 0 Å². The Balaban J connectivity index is 1.95. The Kier molecular flexibility index (Phi) is 6.03. The Morgan fingerprint density at radius 3 is 2.52 bits per heavy atom. The van der Waals surface area contributed by atoms with Crippen LogP contribution in [0.2, 0.25) is 5.02 Å². The van der Waals surface area contributed by atoms with E-state index in [9.17, 15) is 22.8 Å². The third kappa shape index (κ3) is 4.73.